The third-order valence-electron chi connectivity index (χ3n) is 5.46. The summed E-state index contributed by atoms with van der Waals surface area (Å²) in [5, 5.41) is 11.2. The number of aliphatic hydroxyl groups excluding tert-OH is 1. The second kappa shape index (κ2) is 9.14. The highest BCUT2D eigenvalue weighted by Crippen LogP contribution is 2.42. The number of ketones is 1. The number of aryl methyl sites for hydroxylation is 1. The molecule has 0 aliphatic carbocycles. The maximum absolute atomic E-state index is 13.1. The van der Waals surface area contributed by atoms with Crippen LogP contribution in [0.2, 0.25) is 0 Å². The van der Waals surface area contributed by atoms with E-state index in [4.69, 9.17) is 9.15 Å². The van der Waals surface area contributed by atoms with Gasteiger partial charge in [-0.3, -0.25) is 14.5 Å². The predicted octanol–water partition coefficient (Wildman–Crippen LogP) is 5.26. The number of nitrogens with zero attached hydrogens (tertiary/aromatic N) is 1. The van der Waals surface area contributed by atoms with Gasteiger partial charge in [0.05, 0.1) is 18.4 Å². The predicted molar refractivity (Wildman–Crippen MR) is 122 cm³/mol. The van der Waals surface area contributed by atoms with Gasteiger partial charge >= 0.3 is 0 Å². The van der Waals surface area contributed by atoms with Gasteiger partial charge in [-0.25, -0.2) is 0 Å². The highest BCUT2D eigenvalue weighted by Gasteiger charge is 2.48. The molecular weight excluding hydrogens is 406 g/mol. The van der Waals surface area contributed by atoms with Crippen LogP contribution in [0.15, 0.2) is 76.9 Å². The van der Waals surface area contributed by atoms with Gasteiger partial charge in [-0.1, -0.05) is 38.1 Å². The van der Waals surface area contributed by atoms with E-state index >= 15 is 0 Å². The van der Waals surface area contributed by atoms with Crippen molar-refractivity contribution in [3.05, 3.63) is 89.4 Å². The summed E-state index contributed by atoms with van der Waals surface area (Å²) < 4.78 is 11.2. The summed E-state index contributed by atoms with van der Waals surface area (Å²) in [4.78, 5) is 27.6. The van der Waals surface area contributed by atoms with Crippen LogP contribution in [0.25, 0.3) is 5.76 Å². The average Bonchev–Trinajstić information content (AvgIpc) is 3.44. The molecule has 1 amide bonds. The maximum atomic E-state index is 13.1. The zero-order valence-corrected chi connectivity index (χ0v) is 18.1. The first-order valence-corrected chi connectivity index (χ1v) is 10.7. The summed E-state index contributed by atoms with van der Waals surface area (Å²) in [6.45, 7) is 4.58. The number of amides is 1. The number of furan rings is 1. The SMILES string of the molecule is CCCOc1cccc(/C(O)=C2/C(=O)C(=O)N(c3ccc(CC)cc3)C2c2ccco2)c1. The molecule has 1 aliphatic rings. The van der Waals surface area contributed by atoms with Gasteiger partial charge in [0.1, 0.15) is 23.3 Å². The third-order valence-corrected chi connectivity index (χ3v) is 5.46. The minimum atomic E-state index is -0.877. The monoisotopic (exact) mass is 431 g/mol. The van der Waals surface area contributed by atoms with E-state index in [-0.39, 0.29) is 11.3 Å². The lowest BCUT2D eigenvalue weighted by Crippen LogP contribution is -2.29. The molecule has 6 nitrogen and oxygen atoms in total. The number of hydrogen-bond acceptors (Lipinski definition) is 5. The lowest BCUT2D eigenvalue weighted by molar-refractivity contribution is -0.132. The molecule has 164 valence electrons. The van der Waals surface area contributed by atoms with Crippen molar-refractivity contribution in [3.63, 3.8) is 0 Å². The fourth-order valence-corrected chi connectivity index (χ4v) is 3.82. The zero-order chi connectivity index (χ0) is 22.7. The van der Waals surface area contributed by atoms with E-state index in [0.717, 1.165) is 18.4 Å². The number of carbonyl (C=O) groups is 2. The van der Waals surface area contributed by atoms with Gasteiger partial charge in [0, 0.05) is 11.3 Å². The molecule has 32 heavy (non-hydrogen) atoms. The molecule has 2 heterocycles. The first kappa shape index (κ1) is 21.4. The van der Waals surface area contributed by atoms with Crippen molar-refractivity contribution in [2.45, 2.75) is 32.7 Å². The molecule has 0 saturated carbocycles. The molecular formula is C26H25NO5. The minimum absolute atomic E-state index is 0.0165. The Hall–Kier alpha value is -3.80. The maximum Gasteiger partial charge on any atom is 0.300 e. The van der Waals surface area contributed by atoms with Crippen molar-refractivity contribution in [3.8, 4) is 5.75 Å². The largest absolute Gasteiger partial charge is 0.507 e. The van der Waals surface area contributed by atoms with Crippen LogP contribution in [-0.2, 0) is 16.0 Å². The molecule has 1 atom stereocenters. The highest BCUT2D eigenvalue weighted by molar-refractivity contribution is 6.51. The smallest absolute Gasteiger partial charge is 0.300 e. The number of rotatable bonds is 7. The molecule has 1 N–H and O–H groups in total. The molecule has 3 aromatic rings. The first-order valence-electron chi connectivity index (χ1n) is 10.7. The Labute approximate surface area is 186 Å². The fraction of sp³-hybridized carbons (Fsp3) is 0.231. The molecule has 1 fully saturated rings. The van der Waals surface area contributed by atoms with Gasteiger partial charge in [0.2, 0.25) is 0 Å². The van der Waals surface area contributed by atoms with E-state index in [0.29, 0.717) is 29.4 Å². The van der Waals surface area contributed by atoms with Crippen molar-refractivity contribution >= 4 is 23.1 Å². The molecule has 6 heteroatoms. The fourth-order valence-electron chi connectivity index (χ4n) is 3.82. The van der Waals surface area contributed by atoms with E-state index < -0.39 is 17.7 Å². The average molecular weight is 431 g/mol. The van der Waals surface area contributed by atoms with Crippen LogP contribution in [0.4, 0.5) is 5.69 Å². The van der Waals surface area contributed by atoms with Crippen molar-refractivity contribution in [2.75, 3.05) is 11.5 Å². The second-order valence-corrected chi connectivity index (χ2v) is 7.58. The number of anilines is 1. The molecule has 0 spiro atoms. The highest BCUT2D eigenvalue weighted by atomic mass is 16.5. The topological polar surface area (TPSA) is 80.0 Å². The van der Waals surface area contributed by atoms with Crippen LogP contribution in [-0.4, -0.2) is 23.4 Å². The summed E-state index contributed by atoms with van der Waals surface area (Å²) in [6, 6.07) is 16.8. The molecule has 2 aromatic carbocycles. The van der Waals surface area contributed by atoms with Crippen LogP contribution < -0.4 is 9.64 Å². The Kier molecular flexibility index (Phi) is 6.12. The standard InChI is InChI=1S/C26H25NO5/c1-3-14-31-20-8-5-7-18(16-20)24(28)22-23(21-9-6-15-32-21)27(26(30)25(22)29)19-12-10-17(4-2)11-13-19/h5-13,15-16,23,28H,3-4,14H2,1-2H3/b24-22-. The minimum Gasteiger partial charge on any atom is -0.507 e. The second-order valence-electron chi connectivity index (χ2n) is 7.58. The Balaban J connectivity index is 1.83. The van der Waals surface area contributed by atoms with E-state index in [1.807, 2.05) is 26.0 Å². The van der Waals surface area contributed by atoms with E-state index in [1.165, 1.54) is 11.2 Å². The van der Waals surface area contributed by atoms with Gasteiger partial charge in [-0.05, 0) is 54.8 Å². The molecule has 1 aliphatic heterocycles. The van der Waals surface area contributed by atoms with Gasteiger partial charge in [-0.15, -0.1) is 0 Å². The summed E-state index contributed by atoms with van der Waals surface area (Å²) in [6.07, 6.45) is 3.18. The Bertz CT molecular complexity index is 1150. The molecule has 0 radical (unpaired) electrons. The molecule has 4 rings (SSSR count). The summed E-state index contributed by atoms with van der Waals surface area (Å²) >= 11 is 0. The van der Waals surface area contributed by atoms with Crippen LogP contribution in [0.1, 0.15) is 43.2 Å². The Morgan fingerprint density at radius 2 is 1.84 bits per heavy atom. The summed E-state index contributed by atoms with van der Waals surface area (Å²) in [5.41, 5.74) is 2.06. The zero-order valence-electron chi connectivity index (χ0n) is 18.1. The molecule has 0 bridgehead atoms. The number of hydrogen-bond donors (Lipinski definition) is 1. The van der Waals surface area contributed by atoms with Crippen LogP contribution >= 0.6 is 0 Å². The van der Waals surface area contributed by atoms with Crippen molar-refractivity contribution in [2.24, 2.45) is 0 Å². The Morgan fingerprint density at radius 1 is 1.06 bits per heavy atom. The van der Waals surface area contributed by atoms with Crippen LogP contribution in [0.3, 0.4) is 0 Å². The number of Topliss-reactive ketones (excluding diaryl/α,β-unsaturated/α-hetero) is 1. The van der Waals surface area contributed by atoms with Gasteiger partial charge in [0.25, 0.3) is 11.7 Å². The molecule has 1 aromatic heterocycles. The molecule has 1 saturated heterocycles. The lowest BCUT2D eigenvalue weighted by Gasteiger charge is -2.23. The lowest BCUT2D eigenvalue weighted by atomic mass is 9.99. The third kappa shape index (κ3) is 3.91. The number of ether oxygens (including phenoxy) is 1. The van der Waals surface area contributed by atoms with Gasteiger partial charge in [-0.2, -0.15) is 0 Å². The van der Waals surface area contributed by atoms with Crippen LogP contribution in [0.5, 0.6) is 5.75 Å². The first-order chi connectivity index (χ1) is 15.5. The number of benzene rings is 2. The normalized spacial score (nSPS) is 17.7. The Morgan fingerprint density at radius 3 is 2.50 bits per heavy atom. The van der Waals surface area contributed by atoms with Crippen molar-refractivity contribution < 1.29 is 23.8 Å². The van der Waals surface area contributed by atoms with Crippen LogP contribution in [0, 0.1) is 0 Å². The van der Waals surface area contributed by atoms with Crippen molar-refractivity contribution in [1.29, 1.82) is 0 Å². The van der Waals surface area contributed by atoms with Crippen molar-refractivity contribution in [1.82, 2.24) is 0 Å². The van der Waals surface area contributed by atoms with Gasteiger partial charge in [0.15, 0.2) is 0 Å². The summed E-state index contributed by atoms with van der Waals surface area (Å²) in [5.74, 6) is -0.767. The summed E-state index contributed by atoms with van der Waals surface area (Å²) in [7, 11) is 0. The van der Waals surface area contributed by atoms with E-state index in [9.17, 15) is 14.7 Å². The quantitative estimate of drug-likeness (QED) is 0.314. The van der Waals surface area contributed by atoms with Gasteiger partial charge < -0.3 is 14.3 Å². The number of aliphatic hydroxyl groups is 1. The van der Waals surface area contributed by atoms with E-state index in [2.05, 4.69) is 0 Å². The molecule has 1 unspecified atom stereocenters. The number of carbonyl (C=O) groups excluding carboxylic acids is 2. The van der Waals surface area contributed by atoms with E-state index in [1.54, 1.807) is 48.5 Å².